The van der Waals surface area contributed by atoms with Crippen molar-refractivity contribution < 1.29 is 9.59 Å². The molecule has 2 aromatic heterocycles. The fourth-order valence-corrected chi connectivity index (χ4v) is 2.84. The van der Waals surface area contributed by atoms with E-state index in [4.69, 9.17) is 0 Å². The van der Waals surface area contributed by atoms with E-state index in [1.807, 2.05) is 26.0 Å². The third kappa shape index (κ3) is 6.36. The first kappa shape index (κ1) is 18.6. The molecule has 0 aliphatic rings. The van der Waals surface area contributed by atoms with Gasteiger partial charge < -0.3 is 10.6 Å². The number of carbonyl (C=O) groups is 2. The molecule has 0 aliphatic heterocycles. The molecule has 0 spiro atoms. The highest BCUT2D eigenvalue weighted by Crippen LogP contribution is 2.22. The van der Waals surface area contributed by atoms with E-state index in [1.54, 1.807) is 12.4 Å². The monoisotopic (exact) mass is 356 g/mol. The summed E-state index contributed by atoms with van der Waals surface area (Å²) in [6.45, 7) is 4.33. The molecule has 0 saturated carbocycles. The number of aromatic nitrogens is 2. The second kappa shape index (κ2) is 9.55. The van der Waals surface area contributed by atoms with Gasteiger partial charge in [-0.1, -0.05) is 17.3 Å². The average molecular weight is 356 g/mol. The van der Waals surface area contributed by atoms with Crippen LogP contribution in [0.1, 0.15) is 42.3 Å². The molecule has 0 bridgehead atoms. The van der Waals surface area contributed by atoms with Crippen molar-refractivity contribution in [3.05, 3.63) is 40.7 Å². The van der Waals surface area contributed by atoms with Crippen LogP contribution in [0.15, 0.2) is 24.5 Å². The van der Waals surface area contributed by atoms with Gasteiger partial charge in [0.05, 0.1) is 5.69 Å². The number of nitrogens with zero attached hydrogens (tertiary/aromatic N) is 2. The number of rotatable bonds is 6. The van der Waals surface area contributed by atoms with E-state index >= 15 is 0 Å². The van der Waals surface area contributed by atoms with Gasteiger partial charge in [0.2, 0.25) is 11.8 Å². The van der Waals surface area contributed by atoms with Crippen LogP contribution in [0.5, 0.6) is 0 Å². The lowest BCUT2D eigenvalue weighted by molar-refractivity contribution is -0.121. The third-order valence-corrected chi connectivity index (χ3v) is 4.21. The van der Waals surface area contributed by atoms with Crippen LogP contribution in [-0.4, -0.2) is 28.3 Å². The summed E-state index contributed by atoms with van der Waals surface area (Å²) >= 11 is 1.34. The van der Waals surface area contributed by atoms with Crippen molar-refractivity contribution in [2.24, 2.45) is 0 Å². The summed E-state index contributed by atoms with van der Waals surface area (Å²) in [7, 11) is 0. The van der Waals surface area contributed by atoms with Crippen molar-refractivity contribution in [1.82, 2.24) is 15.3 Å². The first-order valence-electron chi connectivity index (χ1n) is 8.04. The van der Waals surface area contributed by atoms with E-state index in [1.165, 1.54) is 11.3 Å². The first-order valence-corrected chi connectivity index (χ1v) is 8.86. The highest BCUT2D eigenvalue weighted by atomic mass is 32.1. The Kier molecular flexibility index (Phi) is 7.11. The molecule has 2 aromatic rings. The Hall–Kier alpha value is -2.72. The van der Waals surface area contributed by atoms with Gasteiger partial charge in [-0.2, -0.15) is 0 Å². The van der Waals surface area contributed by atoms with Crippen LogP contribution in [-0.2, 0) is 9.59 Å². The second-order valence-electron chi connectivity index (χ2n) is 5.27. The predicted octanol–water partition coefficient (Wildman–Crippen LogP) is 2.49. The van der Waals surface area contributed by atoms with Crippen molar-refractivity contribution >= 4 is 28.3 Å². The van der Waals surface area contributed by atoms with Crippen molar-refractivity contribution in [3.63, 3.8) is 0 Å². The Morgan fingerprint density at radius 1 is 1.16 bits per heavy atom. The molecule has 0 saturated heterocycles. The van der Waals surface area contributed by atoms with Gasteiger partial charge in [0.25, 0.3) is 0 Å². The number of carbonyl (C=O) groups excluding carboxylic acids is 2. The van der Waals surface area contributed by atoms with Crippen LogP contribution < -0.4 is 10.6 Å². The molecule has 2 amide bonds. The Morgan fingerprint density at radius 3 is 2.60 bits per heavy atom. The molecule has 25 heavy (non-hydrogen) atoms. The molecule has 0 unspecified atom stereocenters. The summed E-state index contributed by atoms with van der Waals surface area (Å²) in [4.78, 5) is 32.4. The van der Waals surface area contributed by atoms with Crippen molar-refractivity contribution in [2.75, 3.05) is 11.9 Å². The average Bonchev–Trinajstić information content (AvgIpc) is 2.93. The van der Waals surface area contributed by atoms with Crippen LogP contribution in [0, 0.1) is 18.8 Å². The topological polar surface area (TPSA) is 84.0 Å². The van der Waals surface area contributed by atoms with Crippen molar-refractivity contribution in [3.8, 4) is 11.8 Å². The molecule has 0 radical (unpaired) electrons. The Balaban J connectivity index is 1.88. The van der Waals surface area contributed by atoms with Gasteiger partial charge >= 0.3 is 0 Å². The highest BCUT2D eigenvalue weighted by Gasteiger charge is 2.10. The lowest BCUT2D eigenvalue weighted by Gasteiger charge is -2.02. The van der Waals surface area contributed by atoms with Gasteiger partial charge in [-0.15, -0.1) is 0 Å². The summed E-state index contributed by atoms with van der Waals surface area (Å²) in [6.07, 6.45) is 4.53. The van der Waals surface area contributed by atoms with Crippen molar-refractivity contribution in [1.29, 1.82) is 0 Å². The van der Waals surface area contributed by atoms with Crippen LogP contribution in [0.25, 0.3) is 0 Å². The number of hydrogen-bond acceptors (Lipinski definition) is 5. The van der Waals surface area contributed by atoms with Gasteiger partial charge in [-0.3, -0.25) is 14.6 Å². The van der Waals surface area contributed by atoms with Gasteiger partial charge in [-0.05, 0) is 38.3 Å². The lowest BCUT2D eigenvalue weighted by atomic mass is 10.2. The lowest BCUT2D eigenvalue weighted by Crippen LogP contribution is -2.22. The van der Waals surface area contributed by atoms with E-state index < -0.39 is 0 Å². The fraction of sp³-hybridized carbons (Fsp3) is 0.333. The Bertz CT molecular complexity index is 790. The van der Waals surface area contributed by atoms with Gasteiger partial charge in [0, 0.05) is 37.3 Å². The van der Waals surface area contributed by atoms with Gasteiger partial charge in [-0.25, -0.2) is 4.98 Å². The molecule has 0 atom stereocenters. The number of hydrogen-bond donors (Lipinski definition) is 2. The number of thiazole rings is 1. The second-order valence-corrected chi connectivity index (χ2v) is 6.27. The van der Waals surface area contributed by atoms with E-state index in [0.29, 0.717) is 24.5 Å². The molecule has 2 heterocycles. The zero-order valence-corrected chi connectivity index (χ0v) is 15.1. The van der Waals surface area contributed by atoms with E-state index in [-0.39, 0.29) is 18.2 Å². The quantitative estimate of drug-likeness (QED) is 0.779. The minimum atomic E-state index is -0.147. The maximum atomic E-state index is 11.9. The molecule has 6 nitrogen and oxygen atoms in total. The largest absolute Gasteiger partial charge is 0.356 e. The molecular weight excluding hydrogens is 336 g/mol. The number of amides is 2. The normalized spacial score (nSPS) is 9.84. The molecule has 2 N–H and O–H groups in total. The zero-order valence-electron chi connectivity index (χ0n) is 14.3. The smallest absolute Gasteiger partial charge is 0.226 e. The maximum Gasteiger partial charge on any atom is 0.226 e. The number of anilines is 1. The number of aryl methyl sites for hydroxylation is 1. The standard InChI is InChI=1S/C18H20N4O2S/c1-3-20-16(23)5-4-6-17(24)22-18-21-13(2)15(25-18)8-7-14-9-11-19-12-10-14/h9-12H,3-6H2,1-2H3,(H,20,23)(H,21,22,24). The van der Waals surface area contributed by atoms with Crippen LogP contribution >= 0.6 is 11.3 Å². The summed E-state index contributed by atoms with van der Waals surface area (Å²) in [5.74, 6) is 5.94. The Labute approximate surface area is 151 Å². The maximum absolute atomic E-state index is 11.9. The minimum absolute atomic E-state index is 0.0333. The molecule has 0 aliphatic carbocycles. The first-order chi connectivity index (χ1) is 12.1. The highest BCUT2D eigenvalue weighted by molar-refractivity contribution is 7.16. The molecule has 0 aromatic carbocycles. The summed E-state index contributed by atoms with van der Waals surface area (Å²) in [5.41, 5.74) is 1.66. The summed E-state index contributed by atoms with van der Waals surface area (Å²) in [6, 6.07) is 3.67. The molecule has 7 heteroatoms. The van der Waals surface area contributed by atoms with Crippen molar-refractivity contribution in [2.45, 2.75) is 33.1 Å². The van der Waals surface area contributed by atoms with Gasteiger partial charge in [0.15, 0.2) is 5.13 Å². The van der Waals surface area contributed by atoms with Gasteiger partial charge in [0.1, 0.15) is 4.88 Å². The molecule has 2 rings (SSSR count). The molecule has 0 fully saturated rings. The zero-order chi connectivity index (χ0) is 18.1. The third-order valence-electron chi connectivity index (χ3n) is 3.23. The number of nitrogens with one attached hydrogen (secondary N) is 2. The summed E-state index contributed by atoms with van der Waals surface area (Å²) < 4.78 is 0. The fourth-order valence-electron chi connectivity index (χ4n) is 2.01. The minimum Gasteiger partial charge on any atom is -0.356 e. The Morgan fingerprint density at radius 2 is 1.88 bits per heavy atom. The molecular formula is C18H20N4O2S. The van der Waals surface area contributed by atoms with Crippen LogP contribution in [0.4, 0.5) is 5.13 Å². The number of pyridine rings is 1. The van der Waals surface area contributed by atoms with Crippen LogP contribution in [0.3, 0.4) is 0 Å². The predicted molar refractivity (Wildman–Crippen MR) is 98.2 cm³/mol. The van der Waals surface area contributed by atoms with E-state index in [2.05, 4.69) is 32.4 Å². The van der Waals surface area contributed by atoms with E-state index in [9.17, 15) is 9.59 Å². The SMILES string of the molecule is CCNC(=O)CCCC(=O)Nc1nc(C)c(C#Cc2ccncc2)s1. The van der Waals surface area contributed by atoms with E-state index in [0.717, 1.165) is 16.1 Å². The van der Waals surface area contributed by atoms with Crippen LogP contribution in [0.2, 0.25) is 0 Å². The molecule has 130 valence electrons. The summed E-state index contributed by atoms with van der Waals surface area (Å²) in [5, 5.41) is 6.00.